The quantitative estimate of drug-likeness (QED) is 0.339. The Hall–Kier alpha value is -0.650. The van der Waals surface area contributed by atoms with Gasteiger partial charge >= 0.3 is 5.97 Å². The van der Waals surface area contributed by atoms with Crippen LogP contribution < -0.4 is 5.32 Å². The van der Waals surface area contributed by atoms with Crippen molar-refractivity contribution in [3.05, 3.63) is 0 Å². The molecule has 0 aromatic rings. The number of methoxy groups -OCH3 is 1. The molecule has 72 valence electrons. The SMILES string of the molecule is COC(=O)CCNCC(O)CO. The molecular weight excluding hydrogens is 162 g/mol. The van der Waals surface area contributed by atoms with Gasteiger partial charge in [-0.25, -0.2) is 0 Å². The summed E-state index contributed by atoms with van der Waals surface area (Å²) in [5.74, 6) is -0.291. The van der Waals surface area contributed by atoms with E-state index in [4.69, 9.17) is 10.2 Å². The van der Waals surface area contributed by atoms with E-state index in [0.717, 1.165) is 0 Å². The molecule has 1 unspecified atom stereocenters. The van der Waals surface area contributed by atoms with Gasteiger partial charge in [0.15, 0.2) is 0 Å². The predicted molar refractivity (Wildman–Crippen MR) is 42.6 cm³/mol. The van der Waals surface area contributed by atoms with Crippen LogP contribution in [-0.4, -0.2) is 49.1 Å². The monoisotopic (exact) mass is 177 g/mol. The molecule has 0 amide bonds. The lowest BCUT2D eigenvalue weighted by Crippen LogP contribution is -2.30. The van der Waals surface area contributed by atoms with Crippen molar-refractivity contribution in [3.8, 4) is 0 Å². The van der Waals surface area contributed by atoms with E-state index in [-0.39, 0.29) is 25.5 Å². The average molecular weight is 177 g/mol. The minimum atomic E-state index is -0.761. The third kappa shape index (κ3) is 6.09. The smallest absolute Gasteiger partial charge is 0.306 e. The van der Waals surface area contributed by atoms with Crippen molar-refractivity contribution in [1.82, 2.24) is 5.32 Å². The summed E-state index contributed by atoms with van der Waals surface area (Å²) in [6.07, 6.45) is -0.489. The van der Waals surface area contributed by atoms with E-state index >= 15 is 0 Å². The number of ether oxygens (including phenoxy) is 1. The van der Waals surface area contributed by atoms with Crippen LogP contribution in [0, 0.1) is 0 Å². The molecule has 0 aromatic carbocycles. The van der Waals surface area contributed by atoms with E-state index < -0.39 is 6.10 Å². The Morgan fingerprint density at radius 1 is 1.67 bits per heavy atom. The maximum Gasteiger partial charge on any atom is 0.306 e. The molecule has 0 aliphatic carbocycles. The Kier molecular flexibility index (Phi) is 6.64. The number of rotatable bonds is 6. The second-order valence-corrected chi connectivity index (χ2v) is 2.37. The number of esters is 1. The van der Waals surface area contributed by atoms with Gasteiger partial charge in [-0.1, -0.05) is 0 Å². The van der Waals surface area contributed by atoms with Gasteiger partial charge in [-0.3, -0.25) is 4.79 Å². The summed E-state index contributed by atoms with van der Waals surface area (Å²) in [4.78, 5) is 10.6. The highest BCUT2D eigenvalue weighted by Gasteiger charge is 2.02. The molecule has 1 atom stereocenters. The molecule has 0 rings (SSSR count). The summed E-state index contributed by atoms with van der Waals surface area (Å²) in [5, 5.41) is 20.0. The number of hydrogen-bond acceptors (Lipinski definition) is 5. The van der Waals surface area contributed by atoms with Crippen molar-refractivity contribution in [2.75, 3.05) is 26.8 Å². The number of hydrogen-bond donors (Lipinski definition) is 3. The van der Waals surface area contributed by atoms with Crippen LogP contribution >= 0.6 is 0 Å². The topological polar surface area (TPSA) is 78.8 Å². The van der Waals surface area contributed by atoms with Gasteiger partial charge in [0.1, 0.15) is 0 Å². The predicted octanol–water partition coefficient (Wildman–Crippen LogP) is -1.51. The summed E-state index contributed by atoms with van der Waals surface area (Å²) in [5.41, 5.74) is 0. The third-order valence-electron chi connectivity index (χ3n) is 1.32. The van der Waals surface area contributed by atoms with Crippen molar-refractivity contribution in [2.45, 2.75) is 12.5 Å². The van der Waals surface area contributed by atoms with Crippen molar-refractivity contribution < 1.29 is 19.7 Å². The largest absolute Gasteiger partial charge is 0.469 e. The third-order valence-corrected chi connectivity index (χ3v) is 1.32. The zero-order chi connectivity index (χ0) is 9.40. The summed E-state index contributed by atoms with van der Waals surface area (Å²) >= 11 is 0. The van der Waals surface area contributed by atoms with Crippen molar-refractivity contribution in [2.24, 2.45) is 0 Å². The maximum atomic E-state index is 10.6. The second kappa shape index (κ2) is 7.02. The first-order valence-electron chi connectivity index (χ1n) is 3.77. The fourth-order valence-corrected chi connectivity index (χ4v) is 0.626. The molecular formula is C7H15NO4. The highest BCUT2D eigenvalue weighted by molar-refractivity contribution is 5.69. The molecule has 12 heavy (non-hydrogen) atoms. The number of carbonyl (C=O) groups excluding carboxylic acids is 1. The molecule has 0 saturated heterocycles. The number of nitrogens with one attached hydrogen (secondary N) is 1. The molecule has 0 fully saturated rings. The lowest BCUT2D eigenvalue weighted by molar-refractivity contribution is -0.140. The van der Waals surface area contributed by atoms with E-state index in [9.17, 15) is 4.79 Å². The summed E-state index contributed by atoms with van der Waals surface area (Å²) in [6.45, 7) is 0.461. The minimum absolute atomic E-state index is 0.272. The van der Waals surface area contributed by atoms with E-state index in [1.165, 1.54) is 7.11 Å². The van der Waals surface area contributed by atoms with Crippen LogP contribution in [-0.2, 0) is 9.53 Å². The van der Waals surface area contributed by atoms with Gasteiger partial charge in [-0.15, -0.1) is 0 Å². The van der Waals surface area contributed by atoms with Crippen LogP contribution in [0.2, 0.25) is 0 Å². The van der Waals surface area contributed by atoms with Crippen molar-refractivity contribution in [1.29, 1.82) is 0 Å². The zero-order valence-corrected chi connectivity index (χ0v) is 7.12. The lowest BCUT2D eigenvalue weighted by atomic mass is 10.3. The lowest BCUT2D eigenvalue weighted by Gasteiger charge is -2.07. The number of carbonyl (C=O) groups is 1. The Bertz CT molecular complexity index is 129. The molecule has 0 radical (unpaired) electrons. The zero-order valence-electron chi connectivity index (χ0n) is 7.12. The van der Waals surface area contributed by atoms with E-state index in [2.05, 4.69) is 10.1 Å². The average Bonchev–Trinajstić information content (AvgIpc) is 2.11. The molecule has 5 nitrogen and oxygen atoms in total. The van der Waals surface area contributed by atoms with Gasteiger partial charge < -0.3 is 20.3 Å². The molecule has 0 heterocycles. The van der Waals surface area contributed by atoms with Gasteiger partial charge in [0.05, 0.1) is 26.2 Å². The summed E-state index contributed by atoms with van der Waals surface area (Å²) in [6, 6.07) is 0. The van der Waals surface area contributed by atoms with Crippen LogP contribution in [0.1, 0.15) is 6.42 Å². The van der Waals surface area contributed by atoms with Gasteiger partial charge in [-0.2, -0.15) is 0 Å². The molecule has 3 N–H and O–H groups in total. The Balaban J connectivity index is 3.15. The molecule has 5 heteroatoms. The van der Waals surface area contributed by atoms with Gasteiger partial charge in [0, 0.05) is 13.1 Å². The van der Waals surface area contributed by atoms with Crippen LogP contribution in [0.5, 0.6) is 0 Å². The number of aliphatic hydroxyl groups is 2. The Morgan fingerprint density at radius 3 is 2.83 bits per heavy atom. The van der Waals surface area contributed by atoms with Crippen LogP contribution in [0.4, 0.5) is 0 Å². The first kappa shape index (κ1) is 11.4. The number of aliphatic hydroxyl groups excluding tert-OH is 2. The van der Waals surface area contributed by atoms with E-state index in [1.807, 2.05) is 0 Å². The van der Waals surface area contributed by atoms with Gasteiger partial charge in [0.25, 0.3) is 0 Å². The highest BCUT2D eigenvalue weighted by Crippen LogP contribution is 1.82. The molecule has 0 bridgehead atoms. The molecule has 0 aromatic heterocycles. The van der Waals surface area contributed by atoms with Crippen molar-refractivity contribution >= 4 is 5.97 Å². The van der Waals surface area contributed by atoms with Crippen LogP contribution in [0.25, 0.3) is 0 Å². The summed E-state index contributed by atoms with van der Waals surface area (Å²) < 4.78 is 4.39. The van der Waals surface area contributed by atoms with Gasteiger partial charge in [0.2, 0.25) is 0 Å². The Labute approximate surface area is 71.3 Å². The molecule has 0 aliphatic rings. The van der Waals surface area contributed by atoms with Crippen LogP contribution in [0.15, 0.2) is 0 Å². The highest BCUT2D eigenvalue weighted by atomic mass is 16.5. The first-order chi connectivity index (χ1) is 5.70. The van der Waals surface area contributed by atoms with E-state index in [1.54, 1.807) is 0 Å². The standard InChI is InChI=1S/C7H15NO4/c1-12-7(11)2-3-8-4-6(10)5-9/h6,8-10H,2-5H2,1H3. The molecule has 0 spiro atoms. The summed E-state index contributed by atoms with van der Waals surface area (Å²) in [7, 11) is 1.32. The van der Waals surface area contributed by atoms with E-state index in [0.29, 0.717) is 6.54 Å². The fourth-order valence-electron chi connectivity index (χ4n) is 0.626. The fraction of sp³-hybridized carbons (Fsp3) is 0.857. The second-order valence-electron chi connectivity index (χ2n) is 2.37. The van der Waals surface area contributed by atoms with Gasteiger partial charge in [-0.05, 0) is 0 Å². The first-order valence-corrected chi connectivity index (χ1v) is 3.77. The Morgan fingerprint density at radius 2 is 2.33 bits per heavy atom. The normalized spacial score (nSPS) is 12.6. The molecule has 0 aliphatic heterocycles. The molecule has 0 saturated carbocycles. The van der Waals surface area contributed by atoms with Crippen molar-refractivity contribution in [3.63, 3.8) is 0 Å². The van der Waals surface area contributed by atoms with Crippen LogP contribution in [0.3, 0.4) is 0 Å². The maximum absolute atomic E-state index is 10.6. The minimum Gasteiger partial charge on any atom is -0.469 e.